The first-order chi connectivity index (χ1) is 9.04. The quantitative estimate of drug-likeness (QED) is 0.895. The van der Waals surface area contributed by atoms with Gasteiger partial charge in [0.05, 0.1) is 18.4 Å². The van der Waals surface area contributed by atoms with Gasteiger partial charge in [-0.2, -0.15) is 5.10 Å². The molecule has 0 saturated carbocycles. The number of hydrogen-bond acceptors (Lipinski definition) is 3. The van der Waals surface area contributed by atoms with Crippen LogP contribution in [-0.4, -0.2) is 22.2 Å². The number of nitrogens with zero attached hydrogens (tertiary/aromatic N) is 2. The molecule has 1 aromatic carbocycles. The van der Waals surface area contributed by atoms with Crippen LogP contribution in [0.15, 0.2) is 35.1 Å². The fourth-order valence-electron chi connectivity index (χ4n) is 1.57. The summed E-state index contributed by atoms with van der Waals surface area (Å²) in [6, 6.07) is 5.06. The molecule has 2 rings (SSSR count). The number of nitrogens with two attached hydrogens (primary N) is 1. The molecule has 0 aliphatic carbocycles. The number of anilines is 1. The molecular formula is C12H12BrClN4O. The van der Waals surface area contributed by atoms with Gasteiger partial charge < -0.3 is 11.1 Å². The van der Waals surface area contributed by atoms with E-state index in [1.807, 2.05) is 0 Å². The van der Waals surface area contributed by atoms with Crippen LogP contribution >= 0.6 is 27.5 Å². The number of aromatic nitrogens is 2. The monoisotopic (exact) mass is 342 g/mol. The van der Waals surface area contributed by atoms with E-state index in [-0.39, 0.29) is 5.91 Å². The second-order valence-electron chi connectivity index (χ2n) is 3.95. The highest BCUT2D eigenvalue weighted by atomic mass is 79.9. The second kappa shape index (κ2) is 6.08. The van der Waals surface area contributed by atoms with Crippen molar-refractivity contribution >= 4 is 39.1 Å². The number of amides is 1. The van der Waals surface area contributed by atoms with Crippen LogP contribution in [0.5, 0.6) is 0 Å². The number of carbonyl (C=O) groups is 1. The van der Waals surface area contributed by atoms with E-state index in [1.165, 1.54) is 0 Å². The van der Waals surface area contributed by atoms with Crippen molar-refractivity contribution in [3.63, 3.8) is 0 Å². The highest BCUT2D eigenvalue weighted by molar-refractivity contribution is 9.10. The van der Waals surface area contributed by atoms with Gasteiger partial charge in [0, 0.05) is 27.8 Å². The van der Waals surface area contributed by atoms with E-state index in [9.17, 15) is 4.79 Å². The molecule has 0 aliphatic rings. The van der Waals surface area contributed by atoms with Crippen molar-refractivity contribution in [2.75, 3.05) is 12.3 Å². The number of benzene rings is 1. The zero-order valence-electron chi connectivity index (χ0n) is 9.94. The Bertz CT molecular complexity index is 579. The van der Waals surface area contributed by atoms with E-state index < -0.39 is 0 Å². The topological polar surface area (TPSA) is 72.9 Å². The summed E-state index contributed by atoms with van der Waals surface area (Å²) in [5.41, 5.74) is 6.66. The smallest absolute Gasteiger partial charge is 0.251 e. The molecule has 0 radical (unpaired) electrons. The number of hydrogen-bond donors (Lipinski definition) is 2. The molecule has 0 bridgehead atoms. The van der Waals surface area contributed by atoms with Crippen molar-refractivity contribution < 1.29 is 4.79 Å². The Kier molecular flexibility index (Phi) is 4.44. The van der Waals surface area contributed by atoms with Gasteiger partial charge >= 0.3 is 0 Å². The number of rotatable bonds is 4. The van der Waals surface area contributed by atoms with E-state index in [0.29, 0.717) is 29.4 Å². The molecule has 2 aromatic rings. The van der Waals surface area contributed by atoms with Crippen LogP contribution in [0, 0.1) is 0 Å². The SMILES string of the molecule is Nc1cnn(CCNC(=O)c2cc(Cl)cc(Br)c2)c1. The molecule has 0 saturated heterocycles. The van der Waals surface area contributed by atoms with Gasteiger partial charge in [0.15, 0.2) is 0 Å². The maximum absolute atomic E-state index is 11.9. The standard InChI is InChI=1S/C12H12BrClN4O/c13-9-3-8(4-10(14)5-9)12(19)16-1-2-18-7-11(15)6-17-18/h3-7H,1-2,15H2,(H,16,19). The van der Waals surface area contributed by atoms with Crippen LogP contribution in [0.25, 0.3) is 0 Å². The fourth-order valence-corrected chi connectivity index (χ4v) is 2.43. The molecule has 19 heavy (non-hydrogen) atoms. The minimum Gasteiger partial charge on any atom is -0.396 e. The lowest BCUT2D eigenvalue weighted by molar-refractivity contribution is 0.0952. The molecule has 1 amide bonds. The zero-order valence-corrected chi connectivity index (χ0v) is 12.3. The van der Waals surface area contributed by atoms with Crippen LogP contribution in [0.4, 0.5) is 5.69 Å². The van der Waals surface area contributed by atoms with Crippen LogP contribution < -0.4 is 11.1 Å². The first-order valence-electron chi connectivity index (χ1n) is 5.57. The predicted octanol–water partition coefficient (Wildman–Crippen LogP) is 2.31. The van der Waals surface area contributed by atoms with E-state index in [0.717, 1.165) is 4.47 Å². The summed E-state index contributed by atoms with van der Waals surface area (Å²) in [7, 11) is 0. The van der Waals surface area contributed by atoms with Crippen LogP contribution in [-0.2, 0) is 6.54 Å². The Balaban J connectivity index is 1.90. The van der Waals surface area contributed by atoms with Gasteiger partial charge in [0.25, 0.3) is 5.91 Å². The fraction of sp³-hybridized carbons (Fsp3) is 0.167. The highest BCUT2D eigenvalue weighted by Crippen LogP contribution is 2.19. The molecule has 0 atom stereocenters. The normalized spacial score (nSPS) is 10.4. The van der Waals surface area contributed by atoms with Gasteiger partial charge in [-0.1, -0.05) is 27.5 Å². The highest BCUT2D eigenvalue weighted by Gasteiger charge is 2.07. The predicted molar refractivity (Wildman–Crippen MR) is 78.1 cm³/mol. The molecule has 1 aromatic heterocycles. The van der Waals surface area contributed by atoms with Crippen LogP contribution in [0.2, 0.25) is 5.02 Å². The Labute approximate surface area is 123 Å². The van der Waals surface area contributed by atoms with E-state index in [2.05, 4.69) is 26.3 Å². The largest absolute Gasteiger partial charge is 0.396 e. The van der Waals surface area contributed by atoms with Gasteiger partial charge in [-0.25, -0.2) is 0 Å². The van der Waals surface area contributed by atoms with Crippen molar-refractivity contribution in [1.29, 1.82) is 0 Å². The molecule has 0 unspecified atom stereocenters. The summed E-state index contributed by atoms with van der Waals surface area (Å²) >= 11 is 9.19. The number of carbonyl (C=O) groups excluding carboxylic acids is 1. The third kappa shape index (κ3) is 3.97. The van der Waals surface area contributed by atoms with E-state index in [1.54, 1.807) is 35.3 Å². The lowest BCUT2D eigenvalue weighted by Crippen LogP contribution is -2.27. The van der Waals surface area contributed by atoms with Gasteiger partial charge in [-0.3, -0.25) is 9.48 Å². The van der Waals surface area contributed by atoms with Gasteiger partial charge in [-0.05, 0) is 18.2 Å². The van der Waals surface area contributed by atoms with Crippen LogP contribution in [0.3, 0.4) is 0 Å². The molecule has 0 aliphatic heterocycles. The summed E-state index contributed by atoms with van der Waals surface area (Å²) in [6.07, 6.45) is 3.28. The average Bonchev–Trinajstić information content (AvgIpc) is 2.73. The Morgan fingerprint density at radius 3 is 2.89 bits per heavy atom. The minimum atomic E-state index is -0.177. The second-order valence-corrected chi connectivity index (χ2v) is 5.30. The summed E-state index contributed by atoms with van der Waals surface area (Å²) in [6.45, 7) is 1.02. The first-order valence-corrected chi connectivity index (χ1v) is 6.74. The van der Waals surface area contributed by atoms with Crippen molar-refractivity contribution in [3.05, 3.63) is 45.7 Å². The van der Waals surface area contributed by atoms with Crippen molar-refractivity contribution in [3.8, 4) is 0 Å². The molecule has 7 heteroatoms. The summed E-state index contributed by atoms with van der Waals surface area (Å²) in [5, 5.41) is 7.33. The average molecular weight is 344 g/mol. The molecule has 3 N–H and O–H groups in total. The van der Waals surface area contributed by atoms with E-state index >= 15 is 0 Å². The number of halogens is 2. The van der Waals surface area contributed by atoms with Crippen molar-refractivity contribution in [2.24, 2.45) is 0 Å². The molecule has 0 spiro atoms. The lowest BCUT2D eigenvalue weighted by atomic mass is 10.2. The molecule has 0 fully saturated rings. The summed E-state index contributed by atoms with van der Waals surface area (Å²) < 4.78 is 2.44. The van der Waals surface area contributed by atoms with Gasteiger partial charge in [-0.15, -0.1) is 0 Å². The molecule has 100 valence electrons. The molecule has 1 heterocycles. The summed E-state index contributed by atoms with van der Waals surface area (Å²) in [4.78, 5) is 11.9. The lowest BCUT2D eigenvalue weighted by Gasteiger charge is -2.06. The van der Waals surface area contributed by atoms with Crippen LogP contribution in [0.1, 0.15) is 10.4 Å². The van der Waals surface area contributed by atoms with Crippen molar-refractivity contribution in [1.82, 2.24) is 15.1 Å². The number of nitrogen functional groups attached to an aromatic ring is 1. The Morgan fingerprint density at radius 2 is 2.26 bits per heavy atom. The first kappa shape index (κ1) is 13.9. The maximum atomic E-state index is 11.9. The maximum Gasteiger partial charge on any atom is 0.251 e. The molecule has 5 nitrogen and oxygen atoms in total. The molecular weight excluding hydrogens is 332 g/mol. The third-order valence-corrected chi connectivity index (χ3v) is 3.08. The number of nitrogens with one attached hydrogen (secondary N) is 1. The van der Waals surface area contributed by atoms with E-state index in [4.69, 9.17) is 17.3 Å². The van der Waals surface area contributed by atoms with Crippen molar-refractivity contribution in [2.45, 2.75) is 6.54 Å². The van der Waals surface area contributed by atoms with Gasteiger partial charge in [0.1, 0.15) is 0 Å². The van der Waals surface area contributed by atoms with Gasteiger partial charge in [0.2, 0.25) is 0 Å². The summed E-state index contributed by atoms with van der Waals surface area (Å²) in [5.74, 6) is -0.177. The Hall–Kier alpha value is -1.53. The Morgan fingerprint density at radius 1 is 1.47 bits per heavy atom. The third-order valence-electron chi connectivity index (χ3n) is 2.40. The zero-order chi connectivity index (χ0) is 13.8. The minimum absolute atomic E-state index is 0.177.